The van der Waals surface area contributed by atoms with Gasteiger partial charge in [0.25, 0.3) is 0 Å². The van der Waals surface area contributed by atoms with Crippen molar-refractivity contribution in [3.63, 3.8) is 0 Å². The Morgan fingerprint density at radius 3 is 2.85 bits per heavy atom. The maximum absolute atomic E-state index is 6.22. The van der Waals surface area contributed by atoms with Crippen LogP contribution in [-0.2, 0) is 6.54 Å². The number of benzene rings is 2. The SMILES string of the molecule is C[C@H](NCc1ccc2cc[nH]c2c1)c1ccccc1Cl. The Labute approximate surface area is 123 Å². The molecule has 102 valence electrons. The summed E-state index contributed by atoms with van der Waals surface area (Å²) < 4.78 is 0. The molecule has 0 amide bonds. The third-order valence-corrected chi connectivity index (χ3v) is 3.95. The molecule has 0 aliphatic carbocycles. The monoisotopic (exact) mass is 284 g/mol. The molecule has 0 unspecified atom stereocenters. The fourth-order valence-corrected chi connectivity index (χ4v) is 2.71. The first-order valence-electron chi connectivity index (χ1n) is 6.78. The second kappa shape index (κ2) is 5.70. The van der Waals surface area contributed by atoms with Gasteiger partial charge in [-0.05, 0) is 41.6 Å². The van der Waals surface area contributed by atoms with Gasteiger partial charge in [0.2, 0.25) is 0 Å². The fourth-order valence-electron chi connectivity index (χ4n) is 2.41. The summed E-state index contributed by atoms with van der Waals surface area (Å²) in [6, 6.07) is 16.8. The Balaban J connectivity index is 1.71. The van der Waals surface area contributed by atoms with E-state index in [4.69, 9.17) is 11.6 Å². The number of hydrogen-bond donors (Lipinski definition) is 2. The number of rotatable bonds is 4. The molecule has 20 heavy (non-hydrogen) atoms. The topological polar surface area (TPSA) is 27.8 Å². The predicted molar refractivity (Wildman–Crippen MR) is 85.0 cm³/mol. The maximum Gasteiger partial charge on any atom is 0.0457 e. The van der Waals surface area contributed by atoms with Crippen LogP contribution in [0.1, 0.15) is 24.1 Å². The second-order valence-corrected chi connectivity index (χ2v) is 5.43. The van der Waals surface area contributed by atoms with Crippen LogP contribution in [0.25, 0.3) is 10.9 Å². The largest absolute Gasteiger partial charge is 0.361 e. The molecular weight excluding hydrogens is 268 g/mol. The van der Waals surface area contributed by atoms with Gasteiger partial charge in [-0.3, -0.25) is 0 Å². The lowest BCUT2D eigenvalue weighted by molar-refractivity contribution is 0.575. The lowest BCUT2D eigenvalue weighted by Gasteiger charge is -2.15. The van der Waals surface area contributed by atoms with E-state index in [1.54, 1.807) is 0 Å². The number of nitrogens with one attached hydrogen (secondary N) is 2. The van der Waals surface area contributed by atoms with E-state index in [1.807, 2.05) is 24.4 Å². The van der Waals surface area contributed by atoms with Crippen LogP contribution >= 0.6 is 11.6 Å². The van der Waals surface area contributed by atoms with Crippen molar-refractivity contribution in [1.82, 2.24) is 10.3 Å². The highest BCUT2D eigenvalue weighted by Crippen LogP contribution is 2.22. The minimum atomic E-state index is 0.225. The molecule has 2 N–H and O–H groups in total. The zero-order chi connectivity index (χ0) is 13.9. The van der Waals surface area contributed by atoms with E-state index in [9.17, 15) is 0 Å². The van der Waals surface area contributed by atoms with Crippen molar-refractivity contribution in [2.75, 3.05) is 0 Å². The van der Waals surface area contributed by atoms with Gasteiger partial charge in [0, 0.05) is 29.3 Å². The molecule has 1 atom stereocenters. The molecule has 2 aromatic carbocycles. The Bertz CT molecular complexity index is 718. The van der Waals surface area contributed by atoms with Crippen molar-refractivity contribution in [2.45, 2.75) is 19.5 Å². The van der Waals surface area contributed by atoms with Crippen molar-refractivity contribution in [3.8, 4) is 0 Å². The van der Waals surface area contributed by atoms with Crippen LogP contribution in [0.4, 0.5) is 0 Å². The third kappa shape index (κ3) is 2.72. The van der Waals surface area contributed by atoms with Crippen molar-refractivity contribution in [2.24, 2.45) is 0 Å². The molecule has 0 saturated carbocycles. The van der Waals surface area contributed by atoms with Gasteiger partial charge in [-0.1, -0.05) is 41.9 Å². The van der Waals surface area contributed by atoms with Crippen LogP contribution in [-0.4, -0.2) is 4.98 Å². The minimum absolute atomic E-state index is 0.225. The van der Waals surface area contributed by atoms with Crippen molar-refractivity contribution >= 4 is 22.5 Å². The molecule has 1 aromatic heterocycles. The third-order valence-electron chi connectivity index (χ3n) is 3.60. The molecule has 0 bridgehead atoms. The number of fused-ring (bicyclic) bond motifs is 1. The standard InChI is InChI=1S/C17H17ClN2/c1-12(15-4-2-3-5-16(15)18)20-11-13-6-7-14-8-9-19-17(14)10-13/h2-10,12,19-20H,11H2,1H3/t12-/m0/s1. The van der Waals surface area contributed by atoms with Crippen LogP contribution in [0.2, 0.25) is 5.02 Å². The first kappa shape index (κ1) is 13.2. The summed E-state index contributed by atoms with van der Waals surface area (Å²) in [7, 11) is 0. The van der Waals surface area contributed by atoms with Gasteiger partial charge in [0.15, 0.2) is 0 Å². The van der Waals surface area contributed by atoms with E-state index < -0.39 is 0 Å². The Hall–Kier alpha value is -1.77. The average molecular weight is 285 g/mol. The molecular formula is C17H17ClN2. The highest BCUT2D eigenvalue weighted by molar-refractivity contribution is 6.31. The van der Waals surface area contributed by atoms with E-state index in [2.05, 4.69) is 47.6 Å². The molecule has 0 saturated heterocycles. The fraction of sp³-hybridized carbons (Fsp3) is 0.176. The predicted octanol–water partition coefficient (Wildman–Crippen LogP) is 4.67. The van der Waals surface area contributed by atoms with Gasteiger partial charge < -0.3 is 10.3 Å². The molecule has 3 rings (SSSR count). The van der Waals surface area contributed by atoms with Gasteiger partial charge in [0.1, 0.15) is 0 Å². The molecule has 0 radical (unpaired) electrons. The molecule has 1 heterocycles. The van der Waals surface area contributed by atoms with Gasteiger partial charge in [-0.25, -0.2) is 0 Å². The van der Waals surface area contributed by atoms with Crippen LogP contribution in [0.3, 0.4) is 0 Å². The van der Waals surface area contributed by atoms with Crippen LogP contribution in [0, 0.1) is 0 Å². The molecule has 0 spiro atoms. The van der Waals surface area contributed by atoms with Gasteiger partial charge in [0.05, 0.1) is 0 Å². The lowest BCUT2D eigenvalue weighted by atomic mass is 10.1. The van der Waals surface area contributed by atoms with E-state index in [-0.39, 0.29) is 6.04 Å². The number of H-pyrrole nitrogens is 1. The summed E-state index contributed by atoms with van der Waals surface area (Å²) in [5, 5.41) is 5.57. The highest BCUT2D eigenvalue weighted by Gasteiger charge is 2.08. The van der Waals surface area contributed by atoms with Gasteiger partial charge in [-0.2, -0.15) is 0 Å². The molecule has 0 aliphatic heterocycles. The number of halogens is 1. The Morgan fingerprint density at radius 1 is 1.15 bits per heavy atom. The van der Waals surface area contributed by atoms with E-state index in [0.717, 1.165) is 17.1 Å². The first-order valence-corrected chi connectivity index (χ1v) is 7.15. The Kier molecular flexibility index (Phi) is 3.77. The van der Waals surface area contributed by atoms with E-state index in [0.29, 0.717) is 0 Å². The Morgan fingerprint density at radius 2 is 2.00 bits per heavy atom. The summed E-state index contributed by atoms with van der Waals surface area (Å²) in [4.78, 5) is 3.24. The van der Waals surface area contributed by atoms with Crippen molar-refractivity contribution in [1.29, 1.82) is 0 Å². The summed E-state index contributed by atoms with van der Waals surface area (Å²) >= 11 is 6.22. The number of hydrogen-bond acceptors (Lipinski definition) is 1. The average Bonchev–Trinajstić information content (AvgIpc) is 2.92. The second-order valence-electron chi connectivity index (χ2n) is 5.02. The first-order chi connectivity index (χ1) is 9.74. The van der Waals surface area contributed by atoms with Gasteiger partial charge in [-0.15, -0.1) is 0 Å². The summed E-state index contributed by atoms with van der Waals surface area (Å²) in [5.74, 6) is 0. The molecule has 0 aliphatic rings. The molecule has 2 nitrogen and oxygen atoms in total. The number of aromatic nitrogens is 1. The molecule has 3 aromatic rings. The zero-order valence-electron chi connectivity index (χ0n) is 11.4. The number of aromatic amines is 1. The van der Waals surface area contributed by atoms with Crippen LogP contribution in [0.5, 0.6) is 0 Å². The summed E-state index contributed by atoms with van der Waals surface area (Å²) in [6.07, 6.45) is 1.97. The van der Waals surface area contributed by atoms with Crippen molar-refractivity contribution < 1.29 is 0 Å². The van der Waals surface area contributed by atoms with Crippen molar-refractivity contribution in [3.05, 3.63) is 70.9 Å². The summed E-state index contributed by atoms with van der Waals surface area (Å²) in [6.45, 7) is 2.95. The van der Waals surface area contributed by atoms with Crippen LogP contribution < -0.4 is 5.32 Å². The quantitative estimate of drug-likeness (QED) is 0.716. The lowest BCUT2D eigenvalue weighted by Crippen LogP contribution is -2.18. The zero-order valence-corrected chi connectivity index (χ0v) is 12.1. The van der Waals surface area contributed by atoms with Gasteiger partial charge >= 0.3 is 0 Å². The van der Waals surface area contributed by atoms with E-state index in [1.165, 1.54) is 16.5 Å². The van der Waals surface area contributed by atoms with E-state index >= 15 is 0 Å². The molecule has 3 heteroatoms. The summed E-state index contributed by atoms with van der Waals surface area (Å²) in [5.41, 5.74) is 3.57. The normalized spacial score (nSPS) is 12.7. The maximum atomic E-state index is 6.22. The smallest absolute Gasteiger partial charge is 0.0457 e. The van der Waals surface area contributed by atoms with Crippen LogP contribution in [0.15, 0.2) is 54.7 Å². The highest BCUT2D eigenvalue weighted by atomic mass is 35.5. The molecule has 0 fully saturated rings. The minimum Gasteiger partial charge on any atom is -0.361 e.